The predicted octanol–water partition coefficient (Wildman–Crippen LogP) is 3.02. The molecule has 2 aromatic heterocycles. The first kappa shape index (κ1) is 16.0. The number of ether oxygens (including phenoxy) is 1. The van der Waals surface area contributed by atoms with Crippen LogP contribution in [0.25, 0.3) is 27.8 Å². The van der Waals surface area contributed by atoms with Crippen LogP contribution in [0.4, 0.5) is 0 Å². The highest BCUT2D eigenvalue weighted by atomic mass is 16.5. The van der Waals surface area contributed by atoms with Gasteiger partial charge in [-0.2, -0.15) is 0 Å². The molecular formula is C21H18N4O2. The Morgan fingerprint density at radius 2 is 1.59 bits per heavy atom. The van der Waals surface area contributed by atoms with Crippen LogP contribution in [0.3, 0.4) is 0 Å². The number of benzene rings is 2. The van der Waals surface area contributed by atoms with Crippen molar-refractivity contribution in [1.29, 1.82) is 0 Å². The van der Waals surface area contributed by atoms with Gasteiger partial charge in [0.05, 0.1) is 18.8 Å². The molecule has 0 N–H and O–H groups in total. The van der Waals surface area contributed by atoms with E-state index in [9.17, 15) is 4.79 Å². The van der Waals surface area contributed by atoms with Crippen molar-refractivity contribution in [1.82, 2.24) is 19.5 Å². The lowest BCUT2D eigenvalue weighted by Crippen LogP contribution is -2.40. The molecule has 1 aliphatic rings. The number of morpholine rings is 1. The fraction of sp³-hybridized carbons (Fsp3) is 0.190. The molecule has 3 heterocycles. The molecule has 1 amide bonds. The molecule has 6 heteroatoms. The van der Waals surface area contributed by atoms with E-state index < -0.39 is 0 Å². The molecule has 1 aliphatic heterocycles. The number of carbonyl (C=O) groups excluding carboxylic acids is 1. The lowest BCUT2D eigenvalue weighted by molar-refractivity contribution is 0.0304. The number of amides is 1. The summed E-state index contributed by atoms with van der Waals surface area (Å²) in [6, 6.07) is 17.8. The average molecular weight is 358 g/mol. The topological polar surface area (TPSA) is 59.7 Å². The third-order valence-corrected chi connectivity index (χ3v) is 4.97. The summed E-state index contributed by atoms with van der Waals surface area (Å²) in [5.74, 6) is 0.747. The van der Waals surface area contributed by atoms with Crippen molar-refractivity contribution in [2.24, 2.45) is 0 Å². The van der Waals surface area contributed by atoms with E-state index in [0.29, 0.717) is 31.9 Å². The Morgan fingerprint density at radius 1 is 0.889 bits per heavy atom. The van der Waals surface area contributed by atoms with Crippen molar-refractivity contribution in [2.75, 3.05) is 26.3 Å². The van der Waals surface area contributed by atoms with Crippen LogP contribution in [0.2, 0.25) is 0 Å². The molecule has 5 rings (SSSR count). The lowest BCUT2D eigenvalue weighted by atomic mass is 10.1. The summed E-state index contributed by atoms with van der Waals surface area (Å²) < 4.78 is 7.31. The second-order valence-corrected chi connectivity index (χ2v) is 6.58. The van der Waals surface area contributed by atoms with Gasteiger partial charge in [0.15, 0.2) is 11.5 Å². The first-order valence-electron chi connectivity index (χ1n) is 9.02. The first-order chi connectivity index (χ1) is 13.3. The van der Waals surface area contributed by atoms with E-state index in [1.54, 1.807) is 0 Å². The summed E-state index contributed by atoms with van der Waals surface area (Å²) >= 11 is 0. The van der Waals surface area contributed by atoms with Crippen LogP contribution in [-0.2, 0) is 4.74 Å². The second-order valence-electron chi connectivity index (χ2n) is 6.58. The monoisotopic (exact) mass is 358 g/mol. The minimum atomic E-state index is 0.0177. The average Bonchev–Trinajstić information content (AvgIpc) is 3.18. The van der Waals surface area contributed by atoms with Crippen LogP contribution in [0.5, 0.6) is 0 Å². The van der Waals surface area contributed by atoms with Crippen LogP contribution >= 0.6 is 0 Å². The Morgan fingerprint density at radius 3 is 2.37 bits per heavy atom. The Hall–Kier alpha value is -3.25. The van der Waals surface area contributed by atoms with E-state index in [4.69, 9.17) is 4.74 Å². The van der Waals surface area contributed by atoms with Gasteiger partial charge in [-0.1, -0.05) is 54.6 Å². The normalized spacial score (nSPS) is 14.7. The Balaban J connectivity index is 1.75. The minimum Gasteiger partial charge on any atom is -0.378 e. The molecule has 0 radical (unpaired) electrons. The van der Waals surface area contributed by atoms with E-state index in [1.165, 1.54) is 0 Å². The molecule has 0 unspecified atom stereocenters. The number of aromatic nitrogens is 3. The van der Waals surface area contributed by atoms with Gasteiger partial charge in [-0.05, 0) is 5.39 Å². The summed E-state index contributed by atoms with van der Waals surface area (Å²) in [5, 5.41) is 10.6. The zero-order valence-electron chi connectivity index (χ0n) is 14.7. The van der Waals surface area contributed by atoms with Crippen molar-refractivity contribution in [3.8, 4) is 11.4 Å². The highest BCUT2D eigenvalue weighted by Gasteiger charge is 2.23. The van der Waals surface area contributed by atoms with Crippen molar-refractivity contribution in [2.45, 2.75) is 0 Å². The zero-order valence-corrected chi connectivity index (χ0v) is 14.7. The van der Waals surface area contributed by atoms with Gasteiger partial charge in [-0.25, -0.2) is 0 Å². The number of rotatable bonds is 2. The molecule has 1 saturated heterocycles. The minimum absolute atomic E-state index is 0.0177. The van der Waals surface area contributed by atoms with Crippen LogP contribution in [0.15, 0.2) is 60.8 Å². The van der Waals surface area contributed by atoms with Gasteiger partial charge in [-0.3, -0.25) is 9.20 Å². The van der Waals surface area contributed by atoms with Gasteiger partial charge < -0.3 is 9.64 Å². The van der Waals surface area contributed by atoms with Gasteiger partial charge in [0.25, 0.3) is 5.91 Å². The van der Waals surface area contributed by atoms with Crippen LogP contribution < -0.4 is 0 Å². The summed E-state index contributed by atoms with van der Waals surface area (Å²) in [5.41, 5.74) is 2.38. The number of fused-ring (bicyclic) bond motifs is 3. The van der Waals surface area contributed by atoms with Gasteiger partial charge in [0.2, 0.25) is 0 Å². The summed E-state index contributed by atoms with van der Waals surface area (Å²) in [6.45, 7) is 2.37. The molecule has 0 saturated carbocycles. The van der Waals surface area contributed by atoms with E-state index in [2.05, 4.69) is 10.2 Å². The summed E-state index contributed by atoms with van der Waals surface area (Å²) in [4.78, 5) is 15.1. The van der Waals surface area contributed by atoms with Crippen molar-refractivity contribution >= 4 is 22.3 Å². The molecule has 0 aliphatic carbocycles. The fourth-order valence-corrected chi connectivity index (χ4v) is 3.60. The molecule has 0 bridgehead atoms. The lowest BCUT2D eigenvalue weighted by Gasteiger charge is -2.27. The molecule has 27 heavy (non-hydrogen) atoms. The van der Waals surface area contributed by atoms with Crippen molar-refractivity contribution in [3.05, 3.63) is 66.4 Å². The number of pyridine rings is 1. The predicted molar refractivity (Wildman–Crippen MR) is 103 cm³/mol. The van der Waals surface area contributed by atoms with Crippen LogP contribution in [0, 0.1) is 0 Å². The van der Waals surface area contributed by atoms with E-state index in [1.807, 2.05) is 70.1 Å². The first-order valence-corrected chi connectivity index (χ1v) is 9.02. The molecule has 134 valence electrons. The molecule has 0 atom stereocenters. The Kier molecular flexibility index (Phi) is 3.83. The molecule has 6 nitrogen and oxygen atoms in total. The standard InChI is InChI=1S/C21H18N4O2/c26-21(24-10-12-27-13-11-24)18-14-25-19(15-6-2-1-3-7-15)22-23-20(25)17-9-5-4-8-16(17)18/h1-9,14H,10-13H2. The highest BCUT2D eigenvalue weighted by Crippen LogP contribution is 2.27. The van der Waals surface area contributed by atoms with E-state index >= 15 is 0 Å². The number of hydrogen-bond acceptors (Lipinski definition) is 4. The summed E-state index contributed by atoms with van der Waals surface area (Å²) in [6.07, 6.45) is 1.87. The maximum atomic E-state index is 13.2. The Bertz CT molecular complexity index is 1130. The maximum Gasteiger partial charge on any atom is 0.256 e. The van der Waals surface area contributed by atoms with Gasteiger partial charge in [0.1, 0.15) is 0 Å². The number of carbonyl (C=O) groups is 1. The second kappa shape index (κ2) is 6.48. The number of nitrogens with zero attached hydrogens (tertiary/aromatic N) is 4. The maximum absolute atomic E-state index is 13.2. The smallest absolute Gasteiger partial charge is 0.256 e. The third kappa shape index (κ3) is 2.65. The van der Waals surface area contributed by atoms with Gasteiger partial charge >= 0.3 is 0 Å². The molecule has 2 aromatic carbocycles. The highest BCUT2D eigenvalue weighted by molar-refractivity contribution is 6.10. The SMILES string of the molecule is O=C(c1cn2c(-c3ccccc3)nnc2c2ccccc12)N1CCOCC1. The zero-order chi connectivity index (χ0) is 18.2. The molecule has 0 spiro atoms. The molecular weight excluding hydrogens is 340 g/mol. The summed E-state index contributed by atoms with van der Waals surface area (Å²) in [7, 11) is 0. The van der Waals surface area contributed by atoms with Crippen molar-refractivity contribution < 1.29 is 9.53 Å². The number of hydrogen-bond donors (Lipinski definition) is 0. The van der Waals surface area contributed by atoms with Crippen LogP contribution in [-0.4, -0.2) is 51.7 Å². The van der Waals surface area contributed by atoms with Gasteiger partial charge in [-0.15, -0.1) is 10.2 Å². The largest absolute Gasteiger partial charge is 0.378 e. The van der Waals surface area contributed by atoms with Gasteiger partial charge in [0, 0.05) is 30.2 Å². The van der Waals surface area contributed by atoms with E-state index in [0.717, 1.165) is 27.8 Å². The van der Waals surface area contributed by atoms with Crippen molar-refractivity contribution in [3.63, 3.8) is 0 Å². The molecule has 1 fully saturated rings. The van der Waals surface area contributed by atoms with E-state index in [-0.39, 0.29) is 5.91 Å². The third-order valence-electron chi connectivity index (χ3n) is 4.97. The molecule has 4 aromatic rings. The van der Waals surface area contributed by atoms with Crippen LogP contribution in [0.1, 0.15) is 10.4 Å². The quantitative estimate of drug-likeness (QED) is 0.553. The Labute approximate surface area is 156 Å². The fourth-order valence-electron chi connectivity index (χ4n) is 3.60.